The number of nitrogens with zero attached hydrogens (tertiary/aromatic N) is 8. The molecule has 0 saturated carbocycles. The zero-order valence-corrected chi connectivity index (χ0v) is 12.5. The smallest absolute Gasteiger partial charge is 0.165 e. The standard InChI is InChI=1S/C15H14N8/c1-21-9-18-12-14(21)16-8-17-15(12)22-6-10(7-22)13-20-19-11-4-2-3-5-23(11)13/h2-5,8-10H,6-7H2,1H3. The Morgan fingerprint density at radius 2 is 2.00 bits per heavy atom. The van der Waals surface area contributed by atoms with Crippen LogP contribution in [0.5, 0.6) is 0 Å². The average Bonchev–Trinajstić information content (AvgIpc) is 3.12. The summed E-state index contributed by atoms with van der Waals surface area (Å²) in [6.07, 6.45) is 5.38. The van der Waals surface area contributed by atoms with E-state index >= 15 is 0 Å². The van der Waals surface area contributed by atoms with Gasteiger partial charge in [-0.25, -0.2) is 15.0 Å². The van der Waals surface area contributed by atoms with Crippen molar-refractivity contribution in [2.24, 2.45) is 7.05 Å². The third-order valence-electron chi connectivity index (χ3n) is 4.36. The molecule has 0 unspecified atom stereocenters. The molecule has 5 rings (SSSR count). The molecule has 1 saturated heterocycles. The Kier molecular flexibility index (Phi) is 2.44. The van der Waals surface area contributed by atoms with Crippen LogP contribution in [0.15, 0.2) is 37.1 Å². The first kappa shape index (κ1) is 12.5. The zero-order valence-electron chi connectivity index (χ0n) is 12.5. The van der Waals surface area contributed by atoms with Crippen molar-refractivity contribution in [1.82, 2.24) is 34.1 Å². The molecule has 0 atom stereocenters. The second-order valence-corrected chi connectivity index (χ2v) is 5.81. The molecule has 8 nitrogen and oxygen atoms in total. The van der Waals surface area contributed by atoms with Gasteiger partial charge in [-0.15, -0.1) is 10.2 Å². The van der Waals surface area contributed by atoms with Gasteiger partial charge in [-0.05, 0) is 12.1 Å². The highest BCUT2D eigenvalue weighted by Crippen LogP contribution is 2.32. The van der Waals surface area contributed by atoms with E-state index in [0.29, 0.717) is 5.92 Å². The monoisotopic (exact) mass is 306 g/mol. The van der Waals surface area contributed by atoms with Crippen LogP contribution in [-0.2, 0) is 7.05 Å². The molecular weight excluding hydrogens is 292 g/mol. The summed E-state index contributed by atoms with van der Waals surface area (Å²) >= 11 is 0. The third-order valence-corrected chi connectivity index (χ3v) is 4.36. The van der Waals surface area contributed by atoms with Crippen LogP contribution in [0.4, 0.5) is 5.82 Å². The summed E-state index contributed by atoms with van der Waals surface area (Å²) < 4.78 is 3.96. The van der Waals surface area contributed by atoms with Crippen LogP contribution in [-0.4, -0.2) is 47.2 Å². The molecule has 1 aliphatic heterocycles. The van der Waals surface area contributed by atoms with Crippen LogP contribution < -0.4 is 4.90 Å². The molecule has 1 fully saturated rings. The van der Waals surface area contributed by atoms with Gasteiger partial charge in [0.15, 0.2) is 22.6 Å². The molecule has 5 heterocycles. The fraction of sp³-hybridized carbons (Fsp3) is 0.267. The zero-order chi connectivity index (χ0) is 15.4. The quantitative estimate of drug-likeness (QED) is 0.550. The Labute approximate surface area is 131 Å². The number of hydrogen-bond donors (Lipinski definition) is 0. The van der Waals surface area contributed by atoms with Crippen LogP contribution >= 0.6 is 0 Å². The van der Waals surface area contributed by atoms with Crippen molar-refractivity contribution in [3.8, 4) is 0 Å². The van der Waals surface area contributed by atoms with E-state index in [4.69, 9.17) is 0 Å². The van der Waals surface area contributed by atoms with Crippen molar-refractivity contribution in [1.29, 1.82) is 0 Å². The van der Waals surface area contributed by atoms with Gasteiger partial charge in [0.05, 0.1) is 12.2 Å². The first-order valence-electron chi connectivity index (χ1n) is 7.48. The first-order valence-corrected chi connectivity index (χ1v) is 7.48. The lowest BCUT2D eigenvalue weighted by Crippen LogP contribution is -2.46. The number of aromatic nitrogens is 7. The van der Waals surface area contributed by atoms with Crippen molar-refractivity contribution in [2.45, 2.75) is 5.92 Å². The normalized spacial score (nSPS) is 15.4. The average molecular weight is 306 g/mol. The minimum atomic E-state index is 0.348. The highest BCUT2D eigenvalue weighted by molar-refractivity contribution is 5.83. The summed E-state index contributed by atoms with van der Waals surface area (Å²) in [4.78, 5) is 15.3. The molecule has 4 aromatic rings. The Morgan fingerprint density at radius 1 is 1.09 bits per heavy atom. The molecule has 23 heavy (non-hydrogen) atoms. The van der Waals surface area contributed by atoms with Crippen molar-refractivity contribution < 1.29 is 0 Å². The number of fused-ring (bicyclic) bond motifs is 2. The summed E-state index contributed by atoms with van der Waals surface area (Å²) in [6.45, 7) is 1.72. The Balaban J connectivity index is 1.46. The van der Waals surface area contributed by atoms with Crippen LogP contribution in [0.3, 0.4) is 0 Å². The lowest BCUT2D eigenvalue weighted by molar-refractivity contribution is 0.493. The van der Waals surface area contributed by atoms with E-state index in [2.05, 4.69) is 34.4 Å². The molecule has 0 bridgehead atoms. The SMILES string of the molecule is Cn1cnc2c(N3CC(c4nnc5ccccn45)C3)ncnc21. The van der Waals surface area contributed by atoms with E-state index in [1.54, 1.807) is 12.7 Å². The molecule has 4 aromatic heterocycles. The van der Waals surface area contributed by atoms with Gasteiger partial charge in [-0.1, -0.05) is 6.07 Å². The lowest BCUT2D eigenvalue weighted by atomic mass is 9.99. The molecule has 0 radical (unpaired) electrons. The topological polar surface area (TPSA) is 77.0 Å². The summed E-state index contributed by atoms with van der Waals surface area (Å²) in [7, 11) is 1.94. The molecule has 1 aliphatic rings. The van der Waals surface area contributed by atoms with Crippen molar-refractivity contribution in [3.63, 3.8) is 0 Å². The van der Waals surface area contributed by atoms with Crippen LogP contribution in [0.25, 0.3) is 16.8 Å². The molecule has 0 N–H and O–H groups in total. The number of rotatable bonds is 2. The minimum Gasteiger partial charge on any atom is -0.353 e. The van der Waals surface area contributed by atoms with E-state index in [9.17, 15) is 0 Å². The van der Waals surface area contributed by atoms with E-state index in [1.165, 1.54) is 0 Å². The number of anilines is 1. The van der Waals surface area contributed by atoms with Gasteiger partial charge >= 0.3 is 0 Å². The predicted molar refractivity (Wildman–Crippen MR) is 84.2 cm³/mol. The van der Waals surface area contributed by atoms with E-state index < -0.39 is 0 Å². The first-order chi connectivity index (χ1) is 11.3. The van der Waals surface area contributed by atoms with E-state index in [0.717, 1.165) is 41.5 Å². The minimum absolute atomic E-state index is 0.348. The van der Waals surface area contributed by atoms with Crippen LogP contribution in [0, 0.1) is 0 Å². The summed E-state index contributed by atoms with van der Waals surface area (Å²) in [6, 6.07) is 5.94. The Morgan fingerprint density at radius 3 is 2.91 bits per heavy atom. The van der Waals surface area contributed by atoms with Crippen molar-refractivity contribution in [3.05, 3.63) is 42.9 Å². The molecule has 114 valence electrons. The molecule has 0 spiro atoms. The molecule has 0 aliphatic carbocycles. The lowest BCUT2D eigenvalue weighted by Gasteiger charge is -2.39. The largest absolute Gasteiger partial charge is 0.353 e. The fourth-order valence-corrected chi connectivity index (χ4v) is 3.12. The number of hydrogen-bond acceptors (Lipinski definition) is 6. The maximum absolute atomic E-state index is 4.42. The van der Waals surface area contributed by atoms with Gasteiger partial charge in [0, 0.05) is 26.3 Å². The Bertz CT molecular complexity index is 1010. The highest BCUT2D eigenvalue weighted by atomic mass is 15.3. The van der Waals surface area contributed by atoms with Crippen molar-refractivity contribution in [2.75, 3.05) is 18.0 Å². The van der Waals surface area contributed by atoms with E-state index in [1.807, 2.05) is 36.0 Å². The molecule has 8 heteroatoms. The van der Waals surface area contributed by atoms with Gasteiger partial charge in [0.2, 0.25) is 0 Å². The fourth-order valence-electron chi connectivity index (χ4n) is 3.12. The molecule has 0 amide bonds. The predicted octanol–water partition coefficient (Wildman–Crippen LogP) is 1.01. The van der Waals surface area contributed by atoms with Crippen LogP contribution in [0.2, 0.25) is 0 Å². The Hall–Kier alpha value is -3.03. The molecule has 0 aromatic carbocycles. The number of aryl methyl sites for hydroxylation is 1. The maximum Gasteiger partial charge on any atom is 0.165 e. The van der Waals surface area contributed by atoms with Gasteiger partial charge < -0.3 is 9.47 Å². The van der Waals surface area contributed by atoms with Gasteiger partial charge in [0.25, 0.3) is 0 Å². The summed E-state index contributed by atoms with van der Waals surface area (Å²) in [5, 5.41) is 8.57. The van der Waals surface area contributed by atoms with Gasteiger partial charge in [-0.2, -0.15) is 0 Å². The van der Waals surface area contributed by atoms with Crippen molar-refractivity contribution >= 4 is 22.6 Å². The van der Waals surface area contributed by atoms with Gasteiger partial charge in [-0.3, -0.25) is 4.40 Å². The molecular formula is C15H14N8. The van der Waals surface area contributed by atoms with Gasteiger partial charge in [0.1, 0.15) is 12.2 Å². The summed E-state index contributed by atoms with van der Waals surface area (Å²) in [5.41, 5.74) is 2.58. The number of imidazole rings is 1. The summed E-state index contributed by atoms with van der Waals surface area (Å²) in [5.74, 6) is 2.24. The second-order valence-electron chi connectivity index (χ2n) is 5.81. The number of pyridine rings is 1. The second kappa shape index (κ2) is 4.48. The van der Waals surface area contributed by atoms with E-state index in [-0.39, 0.29) is 0 Å². The highest BCUT2D eigenvalue weighted by Gasteiger charge is 2.34. The van der Waals surface area contributed by atoms with Crippen LogP contribution in [0.1, 0.15) is 11.7 Å². The maximum atomic E-state index is 4.42. The third kappa shape index (κ3) is 1.74.